The van der Waals surface area contributed by atoms with Crippen molar-refractivity contribution < 1.29 is 14.3 Å². The Hall–Kier alpha value is -4.80. The number of amides is 1. The number of aliphatic imine (C=N–C) groups is 1. The molecule has 0 aliphatic carbocycles. The Bertz CT molecular complexity index is 1590. The van der Waals surface area contributed by atoms with Crippen LogP contribution in [0.3, 0.4) is 0 Å². The van der Waals surface area contributed by atoms with Gasteiger partial charge in [-0.2, -0.15) is 5.26 Å². The normalized spacial score (nSPS) is 14.9. The lowest BCUT2D eigenvalue weighted by molar-refractivity contribution is -0.122. The van der Waals surface area contributed by atoms with Gasteiger partial charge in [-0.25, -0.2) is 0 Å². The van der Waals surface area contributed by atoms with Crippen molar-refractivity contribution in [2.45, 2.75) is 19.7 Å². The number of methoxy groups -OCH3 is 1. The maximum atomic E-state index is 13.6. The number of carbonyl (C=O) groups is 1. The van der Waals surface area contributed by atoms with E-state index < -0.39 is 0 Å². The standard InChI is InChI=1S/C33H27N3O3S/c1-38-30-18-26(16-17-29(30)39-23-28-15-9-8-14-27(28)20-34)19-31-32(37)36(22-25-12-6-3-7-13-25)33(40-31)35-21-24-10-4-2-5-11-24/h2-19H,21-23H2,1H3. The van der Waals surface area contributed by atoms with E-state index in [2.05, 4.69) is 6.07 Å². The Labute approximate surface area is 238 Å². The van der Waals surface area contributed by atoms with Crippen molar-refractivity contribution in [2.24, 2.45) is 4.99 Å². The number of carbonyl (C=O) groups excluding carboxylic acids is 1. The van der Waals surface area contributed by atoms with Gasteiger partial charge in [0.2, 0.25) is 0 Å². The van der Waals surface area contributed by atoms with Gasteiger partial charge in [0, 0.05) is 5.56 Å². The van der Waals surface area contributed by atoms with E-state index in [0.29, 0.717) is 40.2 Å². The minimum absolute atomic E-state index is 0.0898. The maximum Gasteiger partial charge on any atom is 0.267 e. The predicted octanol–water partition coefficient (Wildman–Crippen LogP) is 6.82. The van der Waals surface area contributed by atoms with Crippen LogP contribution in [0.1, 0.15) is 27.8 Å². The lowest BCUT2D eigenvalue weighted by Gasteiger charge is -2.15. The van der Waals surface area contributed by atoms with Crippen molar-refractivity contribution in [2.75, 3.05) is 7.11 Å². The van der Waals surface area contributed by atoms with Gasteiger partial charge < -0.3 is 9.47 Å². The molecule has 0 aromatic heterocycles. The summed E-state index contributed by atoms with van der Waals surface area (Å²) in [6.45, 7) is 1.17. The number of nitriles is 1. The second kappa shape index (κ2) is 12.8. The van der Waals surface area contributed by atoms with Gasteiger partial charge in [-0.1, -0.05) is 84.9 Å². The van der Waals surface area contributed by atoms with Crippen LogP contribution in [0.25, 0.3) is 6.08 Å². The Morgan fingerprint density at radius 3 is 2.33 bits per heavy atom. The second-order valence-corrected chi connectivity index (χ2v) is 10.0. The molecule has 1 aliphatic rings. The summed E-state index contributed by atoms with van der Waals surface area (Å²) in [6, 6.07) is 35.0. The van der Waals surface area contributed by atoms with E-state index >= 15 is 0 Å². The average molecular weight is 546 g/mol. The molecule has 5 rings (SSSR count). The number of hydrogen-bond acceptors (Lipinski definition) is 6. The van der Waals surface area contributed by atoms with Crippen molar-refractivity contribution in [3.8, 4) is 17.6 Å². The molecule has 4 aromatic carbocycles. The first-order chi connectivity index (χ1) is 19.6. The molecule has 0 spiro atoms. The molecule has 0 N–H and O–H groups in total. The van der Waals surface area contributed by atoms with E-state index in [-0.39, 0.29) is 12.5 Å². The van der Waals surface area contributed by atoms with Crippen molar-refractivity contribution in [3.05, 3.63) is 136 Å². The summed E-state index contributed by atoms with van der Waals surface area (Å²) in [7, 11) is 1.58. The number of benzene rings is 4. The molecule has 1 amide bonds. The molecule has 40 heavy (non-hydrogen) atoms. The third kappa shape index (κ3) is 6.42. The number of rotatable bonds is 9. The molecule has 0 unspecified atom stereocenters. The van der Waals surface area contributed by atoms with E-state index in [1.54, 1.807) is 18.1 Å². The largest absolute Gasteiger partial charge is 0.493 e. The zero-order valence-electron chi connectivity index (χ0n) is 22.0. The first kappa shape index (κ1) is 26.8. The van der Waals surface area contributed by atoms with Crippen LogP contribution in [-0.2, 0) is 24.5 Å². The van der Waals surface area contributed by atoms with Gasteiger partial charge in [0.25, 0.3) is 5.91 Å². The van der Waals surface area contributed by atoms with Crippen molar-refractivity contribution in [3.63, 3.8) is 0 Å². The Morgan fingerprint density at radius 1 is 0.900 bits per heavy atom. The molecular weight excluding hydrogens is 518 g/mol. The van der Waals surface area contributed by atoms with Gasteiger partial charge >= 0.3 is 0 Å². The molecule has 1 fully saturated rings. The van der Waals surface area contributed by atoms with Gasteiger partial charge in [0.1, 0.15) is 6.61 Å². The number of amidine groups is 1. The highest BCUT2D eigenvalue weighted by Crippen LogP contribution is 2.36. The topological polar surface area (TPSA) is 74.9 Å². The smallest absolute Gasteiger partial charge is 0.267 e. The SMILES string of the molecule is COc1cc(C=C2SC(=NCc3ccccc3)N(Cc3ccccc3)C2=O)ccc1OCc1ccccc1C#N. The highest BCUT2D eigenvalue weighted by molar-refractivity contribution is 8.18. The number of nitrogens with zero attached hydrogens (tertiary/aromatic N) is 3. The average Bonchev–Trinajstić information content (AvgIpc) is 3.29. The first-order valence-electron chi connectivity index (χ1n) is 12.8. The third-order valence-electron chi connectivity index (χ3n) is 6.32. The minimum Gasteiger partial charge on any atom is -0.493 e. The fourth-order valence-electron chi connectivity index (χ4n) is 4.23. The highest BCUT2D eigenvalue weighted by atomic mass is 32.2. The molecule has 7 heteroatoms. The van der Waals surface area contributed by atoms with Gasteiger partial charge in [-0.15, -0.1) is 0 Å². The second-order valence-electron chi connectivity index (χ2n) is 9.04. The molecule has 0 atom stereocenters. The predicted molar refractivity (Wildman–Crippen MR) is 159 cm³/mol. The van der Waals surface area contributed by atoms with Gasteiger partial charge in [-0.3, -0.25) is 14.7 Å². The van der Waals surface area contributed by atoms with Gasteiger partial charge in [0.15, 0.2) is 16.7 Å². The molecule has 0 bridgehead atoms. The third-order valence-corrected chi connectivity index (χ3v) is 7.36. The molecule has 1 heterocycles. The zero-order valence-corrected chi connectivity index (χ0v) is 22.8. The summed E-state index contributed by atoms with van der Waals surface area (Å²) < 4.78 is 11.6. The van der Waals surface area contributed by atoms with Crippen LogP contribution in [0.4, 0.5) is 0 Å². The van der Waals surface area contributed by atoms with Gasteiger partial charge in [-0.05, 0) is 52.7 Å². The van der Waals surface area contributed by atoms with Crippen molar-refractivity contribution in [1.29, 1.82) is 5.26 Å². The molecule has 0 radical (unpaired) electrons. The molecule has 6 nitrogen and oxygen atoms in total. The molecule has 4 aromatic rings. The monoisotopic (exact) mass is 545 g/mol. The van der Waals surface area contributed by atoms with E-state index in [0.717, 1.165) is 22.3 Å². The zero-order chi connectivity index (χ0) is 27.7. The fourth-order valence-corrected chi connectivity index (χ4v) is 5.20. The highest BCUT2D eigenvalue weighted by Gasteiger charge is 2.33. The van der Waals surface area contributed by atoms with Crippen molar-refractivity contribution in [1.82, 2.24) is 4.90 Å². The van der Waals surface area contributed by atoms with Crippen molar-refractivity contribution >= 4 is 28.9 Å². The number of hydrogen-bond donors (Lipinski definition) is 0. The summed E-state index contributed by atoms with van der Waals surface area (Å²) in [6.07, 6.45) is 1.85. The molecule has 1 aliphatic heterocycles. The summed E-state index contributed by atoms with van der Waals surface area (Å²) in [5, 5.41) is 10.0. The Morgan fingerprint density at radius 2 is 1.60 bits per heavy atom. The Balaban J connectivity index is 1.38. The summed E-state index contributed by atoms with van der Waals surface area (Å²) >= 11 is 1.37. The lowest BCUT2D eigenvalue weighted by atomic mass is 10.1. The van der Waals surface area contributed by atoms with Crippen LogP contribution in [0.15, 0.2) is 113 Å². The fraction of sp³-hybridized carbons (Fsp3) is 0.121. The summed E-state index contributed by atoms with van der Waals surface area (Å²) in [5.41, 5.74) is 4.29. The maximum absolute atomic E-state index is 13.6. The van der Waals surface area contributed by atoms with Gasteiger partial charge in [0.05, 0.1) is 36.7 Å². The Kier molecular flexibility index (Phi) is 8.60. The number of thioether (sulfide) groups is 1. The van der Waals surface area contributed by atoms with Crippen LogP contribution in [0.2, 0.25) is 0 Å². The molecular formula is C33H27N3O3S. The van der Waals surface area contributed by atoms with Crippen LogP contribution in [0.5, 0.6) is 11.5 Å². The van der Waals surface area contributed by atoms with E-state index in [9.17, 15) is 10.1 Å². The molecule has 0 saturated carbocycles. The van der Waals surface area contributed by atoms with Crippen LogP contribution >= 0.6 is 11.8 Å². The van der Waals surface area contributed by atoms with Crippen LogP contribution < -0.4 is 9.47 Å². The van der Waals surface area contributed by atoms with E-state index in [1.165, 1.54) is 11.8 Å². The lowest BCUT2D eigenvalue weighted by Crippen LogP contribution is -2.28. The minimum atomic E-state index is -0.0898. The van der Waals surface area contributed by atoms with Crippen LogP contribution in [-0.4, -0.2) is 23.1 Å². The van der Waals surface area contributed by atoms with E-state index in [4.69, 9.17) is 14.5 Å². The van der Waals surface area contributed by atoms with Crippen LogP contribution in [0, 0.1) is 11.3 Å². The molecule has 1 saturated heterocycles. The summed E-state index contributed by atoms with van der Waals surface area (Å²) in [5.74, 6) is 1.00. The first-order valence-corrected chi connectivity index (χ1v) is 13.6. The summed E-state index contributed by atoms with van der Waals surface area (Å²) in [4.78, 5) is 20.7. The quantitative estimate of drug-likeness (QED) is 0.216. The van der Waals surface area contributed by atoms with E-state index in [1.807, 2.05) is 103 Å². The molecule has 198 valence electrons. The number of ether oxygens (including phenoxy) is 2.